The van der Waals surface area contributed by atoms with Crippen molar-refractivity contribution in [2.45, 2.75) is 56.4 Å². The Morgan fingerprint density at radius 1 is 1.14 bits per heavy atom. The van der Waals surface area contributed by atoms with Crippen LogP contribution in [0.5, 0.6) is 5.75 Å². The van der Waals surface area contributed by atoms with E-state index in [1.807, 2.05) is 6.92 Å². The Balaban J connectivity index is 1.51. The number of hydrogen-bond acceptors (Lipinski definition) is 5. The number of ether oxygens (including phenoxy) is 1. The molecule has 2 heterocycles. The zero-order valence-corrected chi connectivity index (χ0v) is 21.7. The number of carbonyl (C=O) groups is 1. The third-order valence-corrected chi connectivity index (χ3v) is 9.48. The fourth-order valence-corrected chi connectivity index (χ4v) is 7.44. The van der Waals surface area contributed by atoms with Crippen molar-refractivity contribution in [2.75, 3.05) is 19.7 Å². The highest BCUT2D eigenvalue weighted by Crippen LogP contribution is 2.41. The zero-order valence-electron chi connectivity index (χ0n) is 20.8. The summed E-state index contributed by atoms with van der Waals surface area (Å²) in [6.45, 7) is 2.93. The van der Waals surface area contributed by atoms with Crippen molar-refractivity contribution < 1.29 is 27.4 Å². The lowest BCUT2D eigenvalue weighted by Crippen LogP contribution is -2.29. The van der Waals surface area contributed by atoms with Crippen LogP contribution in [-0.2, 0) is 21.2 Å². The Morgan fingerprint density at radius 2 is 1.86 bits per heavy atom. The van der Waals surface area contributed by atoms with Crippen molar-refractivity contribution in [3.8, 4) is 5.75 Å². The molecule has 37 heavy (non-hydrogen) atoms. The second-order valence-electron chi connectivity index (χ2n) is 10.1. The summed E-state index contributed by atoms with van der Waals surface area (Å²) < 4.78 is 50.1. The highest BCUT2D eigenvalue weighted by Gasteiger charge is 2.42. The molecule has 0 spiro atoms. The van der Waals surface area contributed by atoms with E-state index in [1.165, 1.54) is 29.3 Å². The number of carboxylic acid groups (broad SMARTS) is 1. The molecule has 0 unspecified atom stereocenters. The van der Waals surface area contributed by atoms with Crippen molar-refractivity contribution in [1.29, 1.82) is 0 Å². The molecule has 2 aliphatic rings. The second-order valence-corrected chi connectivity index (χ2v) is 12.0. The zero-order chi connectivity index (χ0) is 26.2. The van der Waals surface area contributed by atoms with Crippen molar-refractivity contribution >= 4 is 26.9 Å². The molecule has 3 aromatic rings. The minimum absolute atomic E-state index is 0.00593. The molecule has 5 rings (SSSR count). The van der Waals surface area contributed by atoms with Crippen LogP contribution in [0.2, 0.25) is 0 Å². The molecule has 198 valence electrons. The number of hydrogen-bond donors (Lipinski definition) is 1. The third-order valence-electron chi connectivity index (χ3n) is 7.63. The van der Waals surface area contributed by atoms with Gasteiger partial charge < -0.3 is 9.84 Å². The first kappa shape index (κ1) is 25.7. The summed E-state index contributed by atoms with van der Waals surface area (Å²) in [5.74, 6) is -0.373. The van der Waals surface area contributed by atoms with E-state index >= 15 is 0 Å². The van der Waals surface area contributed by atoms with Crippen LogP contribution in [0.1, 0.15) is 50.8 Å². The van der Waals surface area contributed by atoms with E-state index in [4.69, 9.17) is 4.74 Å². The van der Waals surface area contributed by atoms with Gasteiger partial charge in [-0.25, -0.2) is 12.8 Å². The minimum Gasteiger partial charge on any atom is -0.494 e. The van der Waals surface area contributed by atoms with Crippen molar-refractivity contribution in [1.82, 2.24) is 14.1 Å². The predicted molar refractivity (Wildman–Crippen MR) is 137 cm³/mol. The Morgan fingerprint density at radius 3 is 2.54 bits per heavy atom. The molecule has 1 aromatic heterocycles. The van der Waals surface area contributed by atoms with E-state index in [-0.39, 0.29) is 35.5 Å². The van der Waals surface area contributed by atoms with Crippen LogP contribution in [-0.4, -0.2) is 53.3 Å². The molecule has 0 radical (unpaired) electrons. The van der Waals surface area contributed by atoms with Gasteiger partial charge in [0.25, 0.3) is 0 Å². The molecule has 0 bridgehead atoms. The lowest BCUT2D eigenvalue weighted by Gasteiger charge is -2.22. The number of rotatable bonds is 9. The second kappa shape index (κ2) is 10.4. The molecule has 1 saturated heterocycles. The van der Waals surface area contributed by atoms with Crippen LogP contribution in [0.25, 0.3) is 10.9 Å². The first-order chi connectivity index (χ1) is 17.8. The van der Waals surface area contributed by atoms with Gasteiger partial charge in [-0.2, -0.15) is 9.40 Å². The van der Waals surface area contributed by atoms with E-state index in [0.717, 1.165) is 19.3 Å². The summed E-state index contributed by atoms with van der Waals surface area (Å²) in [5, 5.41) is 14.5. The summed E-state index contributed by atoms with van der Waals surface area (Å²) in [7, 11) is -3.77. The van der Waals surface area contributed by atoms with Gasteiger partial charge in [-0.05, 0) is 67.6 Å². The predicted octanol–water partition coefficient (Wildman–Crippen LogP) is 4.64. The van der Waals surface area contributed by atoms with E-state index in [0.29, 0.717) is 35.7 Å². The van der Waals surface area contributed by atoms with Gasteiger partial charge in [0.1, 0.15) is 11.6 Å². The fourth-order valence-electron chi connectivity index (χ4n) is 5.92. The monoisotopic (exact) mass is 529 g/mol. The molecule has 1 N–H and O–H groups in total. The maximum absolute atomic E-state index is 14.1. The van der Waals surface area contributed by atoms with Gasteiger partial charge >= 0.3 is 5.97 Å². The van der Waals surface area contributed by atoms with Gasteiger partial charge in [0.2, 0.25) is 10.0 Å². The summed E-state index contributed by atoms with van der Waals surface area (Å²) in [6, 6.07) is 10.4. The minimum atomic E-state index is -3.77. The summed E-state index contributed by atoms with van der Waals surface area (Å²) in [4.78, 5) is 11.7. The average Bonchev–Trinajstić information content (AvgIpc) is 3.60. The van der Waals surface area contributed by atoms with Crippen LogP contribution < -0.4 is 4.74 Å². The van der Waals surface area contributed by atoms with Gasteiger partial charge in [0, 0.05) is 18.5 Å². The highest BCUT2D eigenvalue weighted by molar-refractivity contribution is 7.89. The summed E-state index contributed by atoms with van der Waals surface area (Å²) in [6.07, 6.45) is 5.16. The van der Waals surface area contributed by atoms with E-state index in [1.54, 1.807) is 35.0 Å². The number of nitrogens with zero attached hydrogens (tertiary/aromatic N) is 3. The molecule has 1 aliphatic carbocycles. The van der Waals surface area contributed by atoms with Crippen LogP contribution in [0, 0.1) is 17.7 Å². The Kier molecular flexibility index (Phi) is 7.22. The number of benzene rings is 2. The largest absolute Gasteiger partial charge is 0.494 e. The topological polar surface area (TPSA) is 102 Å². The van der Waals surface area contributed by atoms with Gasteiger partial charge in [-0.1, -0.05) is 25.7 Å². The molecule has 2 fully saturated rings. The molecule has 1 aliphatic heterocycles. The number of carboxylic acids is 1. The Labute approximate surface area is 216 Å². The lowest BCUT2D eigenvalue weighted by molar-refractivity contribution is -0.136. The van der Waals surface area contributed by atoms with Gasteiger partial charge in [0.15, 0.2) is 0 Å². The van der Waals surface area contributed by atoms with Crippen LogP contribution in [0.4, 0.5) is 4.39 Å². The molecule has 2 atom stereocenters. The first-order valence-corrected chi connectivity index (χ1v) is 14.3. The summed E-state index contributed by atoms with van der Waals surface area (Å²) in [5.41, 5.74) is 0.911. The lowest BCUT2D eigenvalue weighted by atomic mass is 9.90. The van der Waals surface area contributed by atoms with Crippen molar-refractivity contribution in [2.24, 2.45) is 11.8 Å². The standard InChI is InChI=1S/C27H32FN3O5S/c1-2-36-21-8-10-22(11-9-21)37(34,35)30-16-19(13-18-5-3-4-6-18)26(17-30)31-25-12-7-20(28)14-23(25)24(29-31)15-27(32)33/h7-12,14,18-19,26H,2-6,13,15-17H2,1H3,(H,32,33)/t19-,26+/m1/s1. The van der Waals surface area contributed by atoms with Crippen molar-refractivity contribution in [3.05, 3.63) is 54.0 Å². The summed E-state index contributed by atoms with van der Waals surface area (Å²) >= 11 is 0. The SMILES string of the molecule is CCOc1ccc(S(=O)(=O)N2C[C@@H](CC3CCCC3)[C@@H](n3nc(CC(=O)O)c4cc(F)ccc43)C2)cc1. The average molecular weight is 530 g/mol. The quantitative estimate of drug-likeness (QED) is 0.433. The molecular formula is C27H32FN3O5S. The maximum Gasteiger partial charge on any atom is 0.309 e. The number of fused-ring (bicyclic) bond motifs is 1. The van der Waals surface area contributed by atoms with Gasteiger partial charge in [-0.3, -0.25) is 9.48 Å². The van der Waals surface area contributed by atoms with Gasteiger partial charge in [0.05, 0.1) is 35.2 Å². The van der Waals surface area contributed by atoms with Crippen LogP contribution in [0.3, 0.4) is 0 Å². The molecule has 10 heteroatoms. The molecule has 2 aromatic carbocycles. The Bertz CT molecular complexity index is 1380. The Hall–Kier alpha value is -2.98. The van der Waals surface area contributed by atoms with Crippen molar-refractivity contribution in [3.63, 3.8) is 0 Å². The normalized spacial score (nSPS) is 21.1. The van der Waals surface area contributed by atoms with Crippen LogP contribution >= 0.6 is 0 Å². The molecule has 1 saturated carbocycles. The number of sulfonamides is 1. The van der Waals surface area contributed by atoms with Gasteiger partial charge in [-0.15, -0.1) is 0 Å². The highest BCUT2D eigenvalue weighted by atomic mass is 32.2. The smallest absolute Gasteiger partial charge is 0.309 e. The third kappa shape index (κ3) is 5.22. The molecule has 0 amide bonds. The number of aliphatic carboxylic acids is 1. The first-order valence-electron chi connectivity index (χ1n) is 12.9. The molecule has 8 nitrogen and oxygen atoms in total. The fraction of sp³-hybridized carbons (Fsp3) is 0.481. The van der Waals surface area contributed by atoms with E-state index in [2.05, 4.69) is 5.10 Å². The van der Waals surface area contributed by atoms with E-state index in [9.17, 15) is 22.7 Å². The maximum atomic E-state index is 14.1. The molecular weight excluding hydrogens is 497 g/mol. The number of aromatic nitrogens is 2. The van der Waals surface area contributed by atoms with E-state index < -0.39 is 21.8 Å². The number of halogens is 1. The van der Waals surface area contributed by atoms with Crippen LogP contribution in [0.15, 0.2) is 47.4 Å².